The third-order valence-corrected chi connectivity index (χ3v) is 6.02. The van der Waals surface area contributed by atoms with E-state index in [4.69, 9.17) is 9.47 Å². The molecular formula is C22H36O3. The highest BCUT2D eigenvalue weighted by Crippen LogP contribution is 2.45. The molecule has 0 amide bonds. The van der Waals surface area contributed by atoms with Gasteiger partial charge in [0.15, 0.2) is 0 Å². The Hall–Kier alpha value is -1.09. The lowest BCUT2D eigenvalue weighted by Gasteiger charge is -2.52. The Morgan fingerprint density at radius 3 is 2.44 bits per heavy atom. The molecule has 25 heavy (non-hydrogen) atoms. The molecule has 0 radical (unpaired) electrons. The second-order valence-corrected chi connectivity index (χ2v) is 8.77. The van der Waals surface area contributed by atoms with Crippen LogP contribution in [0.4, 0.5) is 0 Å². The van der Waals surface area contributed by atoms with Crippen molar-refractivity contribution in [2.24, 2.45) is 5.92 Å². The number of esters is 1. The SMILES string of the molecule is CC(=O)OC1CC2CCC(C)=CCCC(C)=CCCC1(C)OC2(C)C. The van der Waals surface area contributed by atoms with Crippen molar-refractivity contribution in [3.05, 3.63) is 23.3 Å². The molecule has 3 atom stereocenters. The molecule has 2 aliphatic heterocycles. The lowest BCUT2D eigenvalue weighted by molar-refractivity contribution is -0.250. The van der Waals surface area contributed by atoms with Crippen LogP contribution in [-0.4, -0.2) is 23.3 Å². The van der Waals surface area contributed by atoms with Crippen molar-refractivity contribution in [3.8, 4) is 0 Å². The van der Waals surface area contributed by atoms with Crippen molar-refractivity contribution in [3.63, 3.8) is 0 Å². The minimum atomic E-state index is -0.419. The monoisotopic (exact) mass is 348 g/mol. The molecule has 3 aliphatic rings. The molecule has 0 N–H and O–H groups in total. The molecule has 0 aromatic rings. The summed E-state index contributed by atoms with van der Waals surface area (Å²) in [5, 5.41) is 0. The second kappa shape index (κ2) is 8.07. The Morgan fingerprint density at radius 1 is 1.12 bits per heavy atom. The van der Waals surface area contributed by atoms with Gasteiger partial charge in [-0.05, 0) is 85.5 Å². The minimum absolute atomic E-state index is 0.163. The van der Waals surface area contributed by atoms with Gasteiger partial charge in [-0.3, -0.25) is 4.79 Å². The van der Waals surface area contributed by atoms with Crippen molar-refractivity contribution < 1.29 is 14.3 Å². The van der Waals surface area contributed by atoms with Gasteiger partial charge in [0.25, 0.3) is 0 Å². The first-order chi connectivity index (χ1) is 11.6. The summed E-state index contributed by atoms with van der Waals surface area (Å²) in [4.78, 5) is 11.7. The Bertz CT molecular complexity index is 543. The van der Waals surface area contributed by atoms with Crippen molar-refractivity contribution in [1.82, 2.24) is 0 Å². The first kappa shape index (κ1) is 20.2. The van der Waals surface area contributed by atoms with Gasteiger partial charge >= 0.3 is 5.97 Å². The molecule has 0 spiro atoms. The van der Waals surface area contributed by atoms with Gasteiger partial charge in [0.05, 0.1) is 5.60 Å². The van der Waals surface area contributed by atoms with Crippen molar-refractivity contribution in [2.45, 2.75) is 104 Å². The normalized spacial score (nSPS) is 33.8. The molecule has 3 unspecified atom stereocenters. The molecule has 1 fully saturated rings. The van der Waals surface area contributed by atoms with Crippen LogP contribution in [0.1, 0.15) is 86.5 Å². The van der Waals surface area contributed by atoms with Gasteiger partial charge in [0.1, 0.15) is 11.7 Å². The first-order valence-electron chi connectivity index (χ1n) is 9.81. The topological polar surface area (TPSA) is 35.5 Å². The number of fused-ring (bicyclic) bond motifs is 9. The van der Waals surface area contributed by atoms with Gasteiger partial charge in [-0.2, -0.15) is 0 Å². The Kier molecular flexibility index (Phi) is 6.53. The standard InChI is InChI=1S/C22H36O3/c1-16-9-7-10-17(2)12-13-19-15-20(24-18(3)23)22(6,14-8-11-16)25-21(19,4)5/h10-11,19-20H,7-9,12-15H2,1-6H3. The van der Waals surface area contributed by atoms with Crippen LogP contribution in [0.25, 0.3) is 0 Å². The van der Waals surface area contributed by atoms with Gasteiger partial charge in [-0.25, -0.2) is 0 Å². The van der Waals surface area contributed by atoms with E-state index in [2.05, 4.69) is 46.8 Å². The summed E-state index contributed by atoms with van der Waals surface area (Å²) in [6.07, 6.45) is 11.7. The van der Waals surface area contributed by atoms with Crippen molar-refractivity contribution >= 4 is 5.97 Å². The van der Waals surface area contributed by atoms with Gasteiger partial charge in [0, 0.05) is 6.92 Å². The summed E-state index contributed by atoms with van der Waals surface area (Å²) in [5.74, 6) is 0.190. The number of allylic oxidation sites excluding steroid dienone is 4. The highest BCUT2D eigenvalue weighted by atomic mass is 16.6. The summed E-state index contributed by atoms with van der Waals surface area (Å²) in [6.45, 7) is 12.5. The van der Waals surface area contributed by atoms with E-state index in [0.717, 1.165) is 44.9 Å². The van der Waals surface area contributed by atoms with Crippen LogP contribution in [0.3, 0.4) is 0 Å². The largest absolute Gasteiger partial charge is 0.459 e. The Morgan fingerprint density at radius 2 is 1.76 bits per heavy atom. The number of carbonyl (C=O) groups excluding carboxylic acids is 1. The summed E-state index contributed by atoms with van der Waals surface area (Å²) in [6, 6.07) is 0. The average molecular weight is 349 g/mol. The molecule has 3 rings (SSSR count). The van der Waals surface area contributed by atoms with E-state index in [1.165, 1.54) is 18.1 Å². The molecule has 3 heteroatoms. The quantitative estimate of drug-likeness (QED) is 0.448. The van der Waals surface area contributed by atoms with Crippen LogP contribution in [0.2, 0.25) is 0 Å². The second-order valence-electron chi connectivity index (χ2n) is 8.77. The van der Waals surface area contributed by atoms with Crippen molar-refractivity contribution in [2.75, 3.05) is 0 Å². The molecular weight excluding hydrogens is 312 g/mol. The maximum Gasteiger partial charge on any atom is 0.303 e. The van der Waals surface area contributed by atoms with Gasteiger partial charge in [-0.1, -0.05) is 23.3 Å². The van der Waals surface area contributed by atoms with Crippen LogP contribution in [0.5, 0.6) is 0 Å². The number of rotatable bonds is 1. The Balaban J connectivity index is 2.31. The highest BCUT2D eigenvalue weighted by molar-refractivity contribution is 5.66. The molecule has 0 saturated carbocycles. The van der Waals surface area contributed by atoms with Crippen LogP contribution >= 0.6 is 0 Å². The van der Waals surface area contributed by atoms with E-state index >= 15 is 0 Å². The van der Waals surface area contributed by atoms with Crippen LogP contribution < -0.4 is 0 Å². The maximum absolute atomic E-state index is 11.7. The predicted molar refractivity (Wildman–Crippen MR) is 102 cm³/mol. The van der Waals surface area contributed by atoms with E-state index in [1.807, 2.05) is 0 Å². The highest BCUT2D eigenvalue weighted by Gasteiger charge is 2.50. The van der Waals surface area contributed by atoms with Crippen LogP contribution in [0, 0.1) is 5.92 Å². The molecule has 1 saturated heterocycles. The summed E-state index contributed by atoms with van der Waals surface area (Å²) in [5.41, 5.74) is 2.27. The van der Waals surface area contributed by atoms with Gasteiger partial charge in [-0.15, -0.1) is 0 Å². The summed E-state index contributed by atoms with van der Waals surface area (Å²) < 4.78 is 12.4. The minimum Gasteiger partial charge on any atom is -0.459 e. The van der Waals surface area contributed by atoms with Crippen LogP contribution in [0.15, 0.2) is 23.3 Å². The zero-order valence-electron chi connectivity index (χ0n) is 17.0. The Labute approximate surface area is 153 Å². The third-order valence-electron chi connectivity index (χ3n) is 6.02. The fourth-order valence-corrected chi connectivity index (χ4v) is 4.35. The number of hydrogen-bond donors (Lipinski definition) is 0. The molecule has 1 aliphatic carbocycles. The lowest BCUT2D eigenvalue weighted by atomic mass is 9.73. The number of carbonyl (C=O) groups is 1. The molecule has 2 heterocycles. The first-order valence-corrected chi connectivity index (χ1v) is 9.81. The predicted octanol–water partition coefficient (Wildman–Crippen LogP) is 5.74. The van der Waals surface area contributed by atoms with E-state index < -0.39 is 5.60 Å². The maximum atomic E-state index is 11.7. The smallest absolute Gasteiger partial charge is 0.303 e. The molecule has 142 valence electrons. The van der Waals surface area contributed by atoms with Crippen LogP contribution in [-0.2, 0) is 14.3 Å². The van der Waals surface area contributed by atoms with E-state index in [1.54, 1.807) is 0 Å². The van der Waals surface area contributed by atoms with Crippen molar-refractivity contribution in [1.29, 1.82) is 0 Å². The van der Waals surface area contributed by atoms with Gasteiger partial charge in [0.2, 0.25) is 0 Å². The molecule has 2 bridgehead atoms. The average Bonchev–Trinajstić information content (AvgIpc) is 2.47. The lowest BCUT2D eigenvalue weighted by Crippen LogP contribution is -2.58. The summed E-state index contributed by atoms with van der Waals surface area (Å²) >= 11 is 0. The molecule has 0 aromatic carbocycles. The van der Waals surface area contributed by atoms with E-state index in [0.29, 0.717) is 5.92 Å². The molecule has 3 nitrogen and oxygen atoms in total. The van der Waals surface area contributed by atoms with Gasteiger partial charge < -0.3 is 9.47 Å². The fraction of sp³-hybridized carbons (Fsp3) is 0.773. The third kappa shape index (κ3) is 5.44. The fourth-order valence-electron chi connectivity index (χ4n) is 4.35. The van der Waals surface area contributed by atoms with E-state index in [9.17, 15) is 4.79 Å². The zero-order valence-corrected chi connectivity index (χ0v) is 17.0. The summed E-state index contributed by atoms with van der Waals surface area (Å²) in [7, 11) is 0. The zero-order chi connectivity index (χ0) is 18.7. The number of ether oxygens (including phenoxy) is 2. The van der Waals surface area contributed by atoms with E-state index in [-0.39, 0.29) is 17.7 Å². The number of hydrogen-bond acceptors (Lipinski definition) is 3. The molecule has 0 aromatic heterocycles.